The van der Waals surface area contributed by atoms with Gasteiger partial charge in [-0.15, -0.1) is 0 Å². The van der Waals surface area contributed by atoms with Gasteiger partial charge in [-0.3, -0.25) is 4.79 Å². The molecule has 0 atom stereocenters. The van der Waals surface area contributed by atoms with Crippen molar-refractivity contribution in [2.75, 3.05) is 6.54 Å². The van der Waals surface area contributed by atoms with Gasteiger partial charge in [-0.05, 0) is 32.4 Å². The number of rotatable bonds is 9. The first-order chi connectivity index (χ1) is 9.20. The van der Waals surface area contributed by atoms with Crippen molar-refractivity contribution in [3.8, 4) is 0 Å². The van der Waals surface area contributed by atoms with E-state index < -0.39 is 0 Å². The molecule has 0 fully saturated rings. The van der Waals surface area contributed by atoms with Crippen molar-refractivity contribution in [3.05, 3.63) is 33.7 Å². The Labute approximate surface area is 117 Å². The number of hydrogen-bond acceptors (Lipinski definition) is 2. The van der Waals surface area contributed by atoms with Gasteiger partial charge in [-0.1, -0.05) is 39.2 Å². The molecule has 0 saturated heterocycles. The third-order valence-electron chi connectivity index (χ3n) is 3.48. The monoisotopic (exact) mass is 264 g/mol. The average Bonchev–Trinajstić information content (AvgIpc) is 2.41. The number of aromatic nitrogens is 1. The van der Waals surface area contributed by atoms with E-state index in [1.54, 1.807) is 0 Å². The minimum absolute atomic E-state index is 0.181. The average molecular weight is 264 g/mol. The Hall–Kier alpha value is -1.09. The molecular formula is C16H28N2O. The minimum Gasteiger partial charge on any atom is -0.313 e. The van der Waals surface area contributed by atoms with E-state index in [0.717, 1.165) is 37.2 Å². The Morgan fingerprint density at radius 2 is 1.84 bits per heavy atom. The van der Waals surface area contributed by atoms with Gasteiger partial charge in [0.2, 0.25) is 0 Å². The van der Waals surface area contributed by atoms with Gasteiger partial charge in [0, 0.05) is 24.3 Å². The zero-order valence-corrected chi connectivity index (χ0v) is 12.7. The van der Waals surface area contributed by atoms with Gasteiger partial charge in [0.15, 0.2) is 0 Å². The van der Waals surface area contributed by atoms with E-state index in [0.29, 0.717) is 6.54 Å². The minimum atomic E-state index is 0.181. The smallest absolute Gasteiger partial charge is 0.255 e. The number of hydrogen-bond donors (Lipinski definition) is 1. The third-order valence-corrected chi connectivity index (χ3v) is 3.48. The Bertz CT molecular complexity index is 423. The van der Waals surface area contributed by atoms with Crippen LogP contribution in [0.5, 0.6) is 0 Å². The fourth-order valence-electron chi connectivity index (χ4n) is 2.17. The maximum absolute atomic E-state index is 12.4. The van der Waals surface area contributed by atoms with Crippen molar-refractivity contribution in [2.24, 2.45) is 0 Å². The van der Waals surface area contributed by atoms with Gasteiger partial charge >= 0.3 is 0 Å². The fraction of sp³-hybridized carbons (Fsp3) is 0.688. The topological polar surface area (TPSA) is 34.0 Å². The van der Waals surface area contributed by atoms with Crippen molar-refractivity contribution in [2.45, 2.75) is 66.0 Å². The van der Waals surface area contributed by atoms with Crippen molar-refractivity contribution in [1.82, 2.24) is 9.88 Å². The summed E-state index contributed by atoms with van der Waals surface area (Å²) in [6.45, 7) is 8.90. The van der Waals surface area contributed by atoms with Gasteiger partial charge < -0.3 is 9.88 Å². The molecule has 1 aromatic heterocycles. The van der Waals surface area contributed by atoms with E-state index in [1.807, 2.05) is 17.6 Å². The summed E-state index contributed by atoms with van der Waals surface area (Å²) in [5, 5.41) is 3.34. The van der Waals surface area contributed by atoms with Crippen LogP contribution in [0.4, 0.5) is 0 Å². The van der Waals surface area contributed by atoms with Crippen LogP contribution in [0.3, 0.4) is 0 Å². The molecular weight excluding hydrogens is 236 g/mol. The number of nitrogens with one attached hydrogen (secondary N) is 1. The van der Waals surface area contributed by atoms with Crippen molar-refractivity contribution in [1.29, 1.82) is 0 Å². The summed E-state index contributed by atoms with van der Waals surface area (Å²) in [5.41, 5.74) is 2.14. The van der Waals surface area contributed by atoms with E-state index in [4.69, 9.17) is 0 Å². The predicted octanol–water partition coefficient (Wildman–Crippen LogP) is 3.24. The van der Waals surface area contributed by atoms with Crippen molar-refractivity contribution >= 4 is 0 Å². The second-order valence-electron chi connectivity index (χ2n) is 5.19. The third kappa shape index (κ3) is 5.19. The summed E-state index contributed by atoms with van der Waals surface area (Å²) >= 11 is 0. The molecule has 0 bridgehead atoms. The van der Waals surface area contributed by atoms with E-state index >= 15 is 0 Å². The Balaban J connectivity index is 2.67. The normalized spacial score (nSPS) is 10.9. The Morgan fingerprint density at radius 3 is 2.53 bits per heavy atom. The van der Waals surface area contributed by atoms with Gasteiger partial charge in [-0.2, -0.15) is 0 Å². The summed E-state index contributed by atoms with van der Waals surface area (Å²) in [5.74, 6) is 0. The molecule has 0 aliphatic rings. The molecule has 0 aromatic carbocycles. The van der Waals surface area contributed by atoms with Crippen LogP contribution in [0.2, 0.25) is 0 Å². The number of pyridine rings is 1. The largest absolute Gasteiger partial charge is 0.313 e. The molecule has 108 valence electrons. The summed E-state index contributed by atoms with van der Waals surface area (Å²) < 4.78 is 1.92. The molecule has 0 unspecified atom stereocenters. The maximum atomic E-state index is 12.4. The molecule has 1 rings (SSSR count). The first-order valence-electron chi connectivity index (χ1n) is 7.60. The number of unbranched alkanes of at least 4 members (excludes halogenated alkanes) is 3. The SMILES string of the molecule is CCCCCn1c(C)ccc(CNCCCC)c1=O. The first kappa shape index (κ1) is 16.0. The molecule has 0 spiro atoms. The second kappa shape index (κ2) is 8.92. The molecule has 0 aliphatic heterocycles. The lowest BCUT2D eigenvalue weighted by Crippen LogP contribution is -2.29. The Morgan fingerprint density at radius 1 is 1.11 bits per heavy atom. The highest BCUT2D eigenvalue weighted by molar-refractivity contribution is 5.15. The molecule has 0 saturated carbocycles. The number of nitrogens with zero attached hydrogens (tertiary/aromatic N) is 1. The quantitative estimate of drug-likeness (QED) is 0.695. The molecule has 1 aromatic rings. The van der Waals surface area contributed by atoms with Crippen LogP contribution in [0, 0.1) is 6.92 Å². The molecule has 0 amide bonds. The van der Waals surface area contributed by atoms with Crippen LogP contribution in [0.1, 0.15) is 57.2 Å². The van der Waals surface area contributed by atoms with Gasteiger partial charge in [-0.25, -0.2) is 0 Å². The van der Waals surface area contributed by atoms with Gasteiger partial charge in [0.05, 0.1) is 0 Å². The zero-order valence-electron chi connectivity index (χ0n) is 12.7. The van der Waals surface area contributed by atoms with Crippen molar-refractivity contribution < 1.29 is 0 Å². The highest BCUT2D eigenvalue weighted by Crippen LogP contribution is 2.03. The van der Waals surface area contributed by atoms with E-state index in [2.05, 4.69) is 25.2 Å². The molecule has 3 nitrogen and oxygen atoms in total. The van der Waals surface area contributed by atoms with Crippen molar-refractivity contribution in [3.63, 3.8) is 0 Å². The lowest BCUT2D eigenvalue weighted by Gasteiger charge is -2.12. The van der Waals surface area contributed by atoms with Gasteiger partial charge in [0.1, 0.15) is 0 Å². The van der Waals surface area contributed by atoms with E-state index in [1.165, 1.54) is 19.3 Å². The van der Waals surface area contributed by atoms with E-state index in [9.17, 15) is 4.79 Å². The van der Waals surface area contributed by atoms with E-state index in [-0.39, 0.29) is 5.56 Å². The van der Waals surface area contributed by atoms with Crippen LogP contribution in [0.15, 0.2) is 16.9 Å². The Kier molecular flexibility index (Phi) is 7.49. The molecule has 0 aliphatic carbocycles. The lowest BCUT2D eigenvalue weighted by atomic mass is 10.2. The highest BCUT2D eigenvalue weighted by atomic mass is 16.1. The number of aryl methyl sites for hydroxylation is 1. The summed E-state index contributed by atoms with van der Waals surface area (Å²) in [7, 11) is 0. The molecule has 3 heteroatoms. The maximum Gasteiger partial charge on any atom is 0.255 e. The second-order valence-corrected chi connectivity index (χ2v) is 5.19. The highest BCUT2D eigenvalue weighted by Gasteiger charge is 2.05. The van der Waals surface area contributed by atoms with Crippen LogP contribution >= 0.6 is 0 Å². The standard InChI is InChI=1S/C16H28N2O/c1-4-6-8-12-18-14(3)9-10-15(16(18)19)13-17-11-7-5-2/h9-10,17H,4-8,11-13H2,1-3H3. The van der Waals surface area contributed by atoms with Crippen LogP contribution in [0.25, 0.3) is 0 Å². The summed E-state index contributed by atoms with van der Waals surface area (Å²) in [6, 6.07) is 4.02. The zero-order chi connectivity index (χ0) is 14.1. The van der Waals surface area contributed by atoms with Crippen LogP contribution in [-0.2, 0) is 13.1 Å². The fourth-order valence-corrected chi connectivity index (χ4v) is 2.17. The molecule has 0 radical (unpaired) electrons. The summed E-state index contributed by atoms with van der Waals surface area (Å²) in [6.07, 6.45) is 5.81. The first-order valence-corrected chi connectivity index (χ1v) is 7.60. The van der Waals surface area contributed by atoms with Crippen LogP contribution < -0.4 is 10.9 Å². The molecule has 1 heterocycles. The predicted molar refractivity (Wildman–Crippen MR) is 81.6 cm³/mol. The molecule has 19 heavy (non-hydrogen) atoms. The van der Waals surface area contributed by atoms with Crippen LogP contribution in [-0.4, -0.2) is 11.1 Å². The lowest BCUT2D eigenvalue weighted by molar-refractivity contribution is 0.566. The van der Waals surface area contributed by atoms with Gasteiger partial charge in [0.25, 0.3) is 5.56 Å². The summed E-state index contributed by atoms with van der Waals surface area (Å²) in [4.78, 5) is 12.4. The molecule has 1 N–H and O–H groups in total.